The van der Waals surface area contributed by atoms with Gasteiger partial charge < -0.3 is 9.64 Å². The van der Waals surface area contributed by atoms with Gasteiger partial charge in [-0.3, -0.25) is 14.9 Å². The molecule has 140 valence electrons. The number of hydrazone groups is 1. The number of anilines is 1. The number of nitro benzene ring substituents is 1. The van der Waals surface area contributed by atoms with Gasteiger partial charge in [-0.1, -0.05) is 24.3 Å². The number of morpholine rings is 1. The van der Waals surface area contributed by atoms with E-state index in [2.05, 4.69) is 10.5 Å². The van der Waals surface area contributed by atoms with Crippen LogP contribution in [0.25, 0.3) is 0 Å². The van der Waals surface area contributed by atoms with Crippen molar-refractivity contribution in [2.45, 2.75) is 6.92 Å². The maximum absolute atomic E-state index is 12.1. The van der Waals surface area contributed by atoms with E-state index in [0.717, 1.165) is 5.56 Å². The van der Waals surface area contributed by atoms with Crippen LogP contribution >= 0.6 is 0 Å². The lowest BCUT2D eigenvalue weighted by molar-refractivity contribution is -0.384. The average molecular weight is 368 g/mol. The van der Waals surface area contributed by atoms with Crippen molar-refractivity contribution >= 4 is 23.5 Å². The molecule has 0 aromatic heterocycles. The van der Waals surface area contributed by atoms with Gasteiger partial charge in [-0.05, 0) is 24.6 Å². The number of amides is 1. The SMILES string of the molecule is Cc1ccccc1C(=O)N/N=C/c1ccc(N2CCOCC2)c([N+](=O)[O-])c1. The molecule has 8 heteroatoms. The van der Waals surface area contributed by atoms with Crippen molar-refractivity contribution in [3.05, 3.63) is 69.3 Å². The molecule has 0 unspecified atom stereocenters. The number of aryl methyl sites for hydroxylation is 1. The van der Waals surface area contributed by atoms with E-state index in [4.69, 9.17) is 4.74 Å². The van der Waals surface area contributed by atoms with Crippen molar-refractivity contribution in [3.63, 3.8) is 0 Å². The van der Waals surface area contributed by atoms with Crippen LogP contribution < -0.4 is 10.3 Å². The number of nitrogens with one attached hydrogen (secondary N) is 1. The molecule has 1 fully saturated rings. The summed E-state index contributed by atoms with van der Waals surface area (Å²) in [4.78, 5) is 25.1. The Morgan fingerprint density at radius 1 is 1.26 bits per heavy atom. The third kappa shape index (κ3) is 4.48. The van der Waals surface area contributed by atoms with Gasteiger partial charge in [0.1, 0.15) is 5.69 Å². The minimum absolute atomic E-state index is 0.00563. The van der Waals surface area contributed by atoms with Crippen LogP contribution in [-0.2, 0) is 4.74 Å². The quantitative estimate of drug-likeness (QED) is 0.497. The molecule has 0 bridgehead atoms. The molecule has 0 radical (unpaired) electrons. The fourth-order valence-corrected chi connectivity index (χ4v) is 2.89. The summed E-state index contributed by atoms with van der Waals surface area (Å²) in [6.45, 7) is 4.16. The number of hydrogen-bond donors (Lipinski definition) is 1. The summed E-state index contributed by atoms with van der Waals surface area (Å²) in [7, 11) is 0. The molecule has 2 aromatic carbocycles. The lowest BCUT2D eigenvalue weighted by Gasteiger charge is -2.28. The van der Waals surface area contributed by atoms with E-state index in [1.165, 1.54) is 12.3 Å². The lowest BCUT2D eigenvalue weighted by atomic mass is 10.1. The number of nitrogens with zero attached hydrogens (tertiary/aromatic N) is 3. The minimum Gasteiger partial charge on any atom is -0.378 e. The van der Waals surface area contributed by atoms with E-state index >= 15 is 0 Å². The summed E-state index contributed by atoms with van der Waals surface area (Å²) in [5, 5.41) is 15.4. The molecule has 3 rings (SSSR count). The fraction of sp³-hybridized carbons (Fsp3) is 0.263. The molecule has 27 heavy (non-hydrogen) atoms. The molecular weight excluding hydrogens is 348 g/mol. The normalized spacial score (nSPS) is 14.3. The van der Waals surface area contributed by atoms with Gasteiger partial charge in [-0.25, -0.2) is 5.43 Å². The van der Waals surface area contributed by atoms with E-state index in [0.29, 0.717) is 43.1 Å². The molecule has 8 nitrogen and oxygen atoms in total. The maximum Gasteiger partial charge on any atom is 0.293 e. The van der Waals surface area contributed by atoms with E-state index in [9.17, 15) is 14.9 Å². The number of ether oxygens (including phenoxy) is 1. The number of rotatable bonds is 5. The maximum atomic E-state index is 12.1. The van der Waals surface area contributed by atoms with Crippen molar-refractivity contribution in [2.24, 2.45) is 5.10 Å². The molecule has 1 N–H and O–H groups in total. The summed E-state index contributed by atoms with van der Waals surface area (Å²) >= 11 is 0. The van der Waals surface area contributed by atoms with Crippen LogP contribution in [-0.4, -0.2) is 43.3 Å². The Hall–Kier alpha value is -3.26. The van der Waals surface area contributed by atoms with E-state index in [1.54, 1.807) is 24.3 Å². The van der Waals surface area contributed by atoms with Gasteiger partial charge in [0.15, 0.2) is 0 Å². The van der Waals surface area contributed by atoms with Crippen LogP contribution in [0.2, 0.25) is 0 Å². The number of benzene rings is 2. The number of hydrogen-bond acceptors (Lipinski definition) is 6. The third-order valence-electron chi connectivity index (χ3n) is 4.32. The van der Waals surface area contributed by atoms with Crippen molar-refractivity contribution in [1.82, 2.24) is 5.43 Å². The van der Waals surface area contributed by atoms with Crippen molar-refractivity contribution in [3.8, 4) is 0 Å². The third-order valence-corrected chi connectivity index (χ3v) is 4.32. The number of carbonyl (C=O) groups is 1. The first-order chi connectivity index (χ1) is 13.1. The zero-order chi connectivity index (χ0) is 19.2. The van der Waals surface area contributed by atoms with Crippen molar-refractivity contribution in [1.29, 1.82) is 0 Å². The summed E-state index contributed by atoms with van der Waals surface area (Å²) < 4.78 is 5.29. The highest BCUT2D eigenvalue weighted by Gasteiger charge is 2.21. The average Bonchev–Trinajstić information content (AvgIpc) is 2.68. The predicted octanol–water partition coefficient (Wildman–Crippen LogP) is 2.50. The first-order valence-electron chi connectivity index (χ1n) is 8.56. The van der Waals surface area contributed by atoms with Crippen LogP contribution in [0, 0.1) is 17.0 Å². The minimum atomic E-state index is -0.409. The highest BCUT2D eigenvalue weighted by molar-refractivity contribution is 5.96. The summed E-state index contributed by atoms with van der Waals surface area (Å²) in [6.07, 6.45) is 1.40. The molecule has 1 amide bonds. The van der Waals surface area contributed by atoms with E-state index in [1.807, 2.05) is 24.0 Å². The molecule has 1 saturated heterocycles. The summed E-state index contributed by atoms with van der Waals surface area (Å²) in [6, 6.07) is 12.1. The monoisotopic (exact) mass is 368 g/mol. The Morgan fingerprint density at radius 3 is 2.70 bits per heavy atom. The Morgan fingerprint density at radius 2 is 2.00 bits per heavy atom. The van der Waals surface area contributed by atoms with Gasteiger partial charge in [0, 0.05) is 30.3 Å². The Balaban J connectivity index is 1.74. The molecule has 2 aromatic rings. The fourth-order valence-electron chi connectivity index (χ4n) is 2.89. The largest absolute Gasteiger partial charge is 0.378 e. The second kappa shape index (κ2) is 8.41. The zero-order valence-electron chi connectivity index (χ0n) is 14.9. The first kappa shape index (κ1) is 18.5. The molecule has 0 aliphatic carbocycles. The Labute approximate surface area is 156 Å². The van der Waals surface area contributed by atoms with Crippen molar-refractivity contribution < 1.29 is 14.5 Å². The molecule has 0 saturated carbocycles. The molecular formula is C19H20N4O4. The standard InChI is InChI=1S/C19H20N4O4/c1-14-4-2-3-5-16(14)19(24)21-20-13-15-6-7-17(18(12-15)23(25)26)22-8-10-27-11-9-22/h2-7,12-13H,8-11H2,1H3,(H,21,24)/b20-13+. The van der Waals surface area contributed by atoms with Gasteiger partial charge in [-0.15, -0.1) is 0 Å². The summed E-state index contributed by atoms with van der Waals surface area (Å²) in [5.74, 6) is -0.330. The molecule has 0 atom stereocenters. The van der Waals surface area contributed by atoms with Crippen LogP contribution in [0.4, 0.5) is 11.4 Å². The first-order valence-corrected chi connectivity index (χ1v) is 8.56. The smallest absolute Gasteiger partial charge is 0.293 e. The molecule has 1 aliphatic heterocycles. The van der Waals surface area contributed by atoms with Crippen molar-refractivity contribution in [2.75, 3.05) is 31.2 Å². The van der Waals surface area contributed by atoms with Gasteiger partial charge in [0.05, 0.1) is 24.4 Å². The molecule has 1 aliphatic rings. The van der Waals surface area contributed by atoms with Gasteiger partial charge >= 0.3 is 0 Å². The van der Waals surface area contributed by atoms with Crippen LogP contribution in [0.1, 0.15) is 21.5 Å². The summed E-state index contributed by atoms with van der Waals surface area (Å²) in [5.41, 5.74) is 4.92. The van der Waals surface area contributed by atoms with Gasteiger partial charge in [0.2, 0.25) is 0 Å². The highest BCUT2D eigenvalue weighted by Crippen LogP contribution is 2.29. The molecule has 1 heterocycles. The number of nitro groups is 1. The van der Waals surface area contributed by atoms with E-state index < -0.39 is 4.92 Å². The second-order valence-corrected chi connectivity index (χ2v) is 6.12. The Kier molecular flexibility index (Phi) is 5.77. The highest BCUT2D eigenvalue weighted by atomic mass is 16.6. The lowest BCUT2D eigenvalue weighted by Crippen LogP contribution is -2.36. The Bertz CT molecular complexity index is 876. The number of carbonyl (C=O) groups excluding carboxylic acids is 1. The van der Waals surface area contributed by atoms with E-state index in [-0.39, 0.29) is 11.6 Å². The van der Waals surface area contributed by atoms with Gasteiger partial charge in [0.25, 0.3) is 11.6 Å². The predicted molar refractivity (Wildman–Crippen MR) is 102 cm³/mol. The second-order valence-electron chi connectivity index (χ2n) is 6.12. The van der Waals surface area contributed by atoms with Crippen LogP contribution in [0.5, 0.6) is 0 Å². The molecule has 0 spiro atoms. The zero-order valence-corrected chi connectivity index (χ0v) is 14.9. The van der Waals surface area contributed by atoms with Crippen LogP contribution in [0.3, 0.4) is 0 Å². The topological polar surface area (TPSA) is 97.1 Å². The van der Waals surface area contributed by atoms with Crippen LogP contribution in [0.15, 0.2) is 47.6 Å². The van der Waals surface area contributed by atoms with Gasteiger partial charge in [-0.2, -0.15) is 5.10 Å².